The van der Waals surface area contributed by atoms with Crippen LogP contribution in [0.15, 0.2) is 24.3 Å². The number of aliphatic hydroxyl groups excluding tert-OH is 1. The maximum Gasteiger partial charge on any atom is 0.305 e. The van der Waals surface area contributed by atoms with Gasteiger partial charge in [-0.3, -0.25) is 14.4 Å². The third-order valence-electron chi connectivity index (χ3n) is 8.59. The molecule has 6 nitrogen and oxygen atoms in total. The summed E-state index contributed by atoms with van der Waals surface area (Å²) in [5.41, 5.74) is 0. The molecule has 0 radical (unpaired) electrons. The van der Waals surface area contributed by atoms with Gasteiger partial charge in [-0.2, -0.15) is 0 Å². The molecule has 0 bridgehead atoms. The molecule has 6 heteroatoms. The molecule has 274 valence electrons. The Kier molecular flexibility index (Phi) is 33.9. The molecular weight excluding hydrogens is 588 g/mol. The van der Waals surface area contributed by atoms with Crippen molar-refractivity contribution < 1.29 is 29.0 Å². The molecule has 0 saturated carbocycles. The molecule has 0 aliphatic carbocycles. The predicted molar refractivity (Wildman–Crippen MR) is 196 cm³/mol. The van der Waals surface area contributed by atoms with Crippen molar-refractivity contribution in [1.82, 2.24) is 0 Å². The van der Waals surface area contributed by atoms with Gasteiger partial charge in [0.15, 0.2) is 5.78 Å². The summed E-state index contributed by atoms with van der Waals surface area (Å²) >= 11 is 0. The van der Waals surface area contributed by atoms with Gasteiger partial charge in [-0.05, 0) is 44.1 Å². The van der Waals surface area contributed by atoms with Crippen molar-refractivity contribution in [2.75, 3.05) is 13.2 Å². The van der Waals surface area contributed by atoms with E-state index >= 15 is 0 Å². The zero-order valence-electron chi connectivity index (χ0n) is 31.0. The Morgan fingerprint density at radius 1 is 0.553 bits per heavy atom. The molecule has 0 aliphatic rings. The third-order valence-corrected chi connectivity index (χ3v) is 8.59. The first kappa shape index (κ1) is 45.0. The van der Waals surface area contributed by atoms with Crippen molar-refractivity contribution in [2.45, 2.75) is 200 Å². The van der Waals surface area contributed by atoms with Gasteiger partial charge in [-0.15, -0.1) is 0 Å². The van der Waals surface area contributed by atoms with Gasteiger partial charge in [0.2, 0.25) is 0 Å². The molecule has 0 aromatic carbocycles. The highest BCUT2D eigenvalue weighted by atomic mass is 16.6. The molecule has 0 fully saturated rings. The Bertz CT molecular complexity index is 787. The molecular formula is C41H74O6. The van der Waals surface area contributed by atoms with Crippen LogP contribution in [0.25, 0.3) is 0 Å². The number of hydrogen-bond acceptors (Lipinski definition) is 6. The molecule has 0 unspecified atom stereocenters. The van der Waals surface area contributed by atoms with Crippen LogP contribution < -0.4 is 0 Å². The molecule has 0 aliphatic heterocycles. The SMILES string of the molecule is CCCCC/C=C\C=C\C(=O)CCCCCCCC(=O)OC[C@H](O)COC(=O)CCCCCCCCCCCCCCCCC(C)C. The highest BCUT2D eigenvalue weighted by Crippen LogP contribution is 2.15. The van der Waals surface area contributed by atoms with Crippen LogP contribution in [0.4, 0.5) is 0 Å². The van der Waals surface area contributed by atoms with E-state index in [0.717, 1.165) is 63.7 Å². The fourth-order valence-corrected chi connectivity index (χ4v) is 5.55. The lowest BCUT2D eigenvalue weighted by Crippen LogP contribution is -2.25. The maximum atomic E-state index is 12.0. The number of carbonyl (C=O) groups excluding carboxylic acids is 3. The van der Waals surface area contributed by atoms with Crippen molar-refractivity contribution in [3.63, 3.8) is 0 Å². The highest BCUT2D eigenvalue weighted by Gasteiger charge is 2.12. The van der Waals surface area contributed by atoms with Crippen molar-refractivity contribution in [1.29, 1.82) is 0 Å². The summed E-state index contributed by atoms with van der Waals surface area (Å²) in [7, 11) is 0. The molecule has 0 amide bonds. The number of carbonyl (C=O) groups is 3. The summed E-state index contributed by atoms with van der Waals surface area (Å²) in [5, 5.41) is 10.0. The van der Waals surface area contributed by atoms with E-state index in [4.69, 9.17) is 9.47 Å². The summed E-state index contributed by atoms with van der Waals surface area (Å²) in [5.74, 6) is 0.354. The minimum Gasteiger partial charge on any atom is -0.463 e. The zero-order valence-corrected chi connectivity index (χ0v) is 31.0. The number of aliphatic hydroxyl groups is 1. The van der Waals surface area contributed by atoms with Gasteiger partial charge in [-0.1, -0.05) is 161 Å². The number of allylic oxidation sites excluding steroid dienone is 4. The first-order chi connectivity index (χ1) is 22.8. The van der Waals surface area contributed by atoms with Gasteiger partial charge in [0.25, 0.3) is 0 Å². The van der Waals surface area contributed by atoms with E-state index in [1.807, 2.05) is 12.2 Å². The lowest BCUT2D eigenvalue weighted by atomic mass is 10.0. The molecule has 0 heterocycles. The smallest absolute Gasteiger partial charge is 0.305 e. The predicted octanol–water partition coefficient (Wildman–Crippen LogP) is 11.3. The van der Waals surface area contributed by atoms with Crippen molar-refractivity contribution in [3.05, 3.63) is 24.3 Å². The van der Waals surface area contributed by atoms with E-state index in [9.17, 15) is 19.5 Å². The van der Waals surface area contributed by atoms with E-state index in [-0.39, 0.29) is 30.9 Å². The van der Waals surface area contributed by atoms with Gasteiger partial charge in [0.1, 0.15) is 19.3 Å². The van der Waals surface area contributed by atoms with Crippen molar-refractivity contribution in [3.8, 4) is 0 Å². The first-order valence-electron chi connectivity index (χ1n) is 19.7. The molecule has 0 saturated heterocycles. The lowest BCUT2D eigenvalue weighted by molar-refractivity contribution is -0.152. The van der Waals surface area contributed by atoms with E-state index in [0.29, 0.717) is 19.3 Å². The van der Waals surface area contributed by atoms with Crippen LogP contribution >= 0.6 is 0 Å². The van der Waals surface area contributed by atoms with Gasteiger partial charge >= 0.3 is 11.9 Å². The van der Waals surface area contributed by atoms with Crippen molar-refractivity contribution >= 4 is 17.7 Å². The average Bonchev–Trinajstić information content (AvgIpc) is 3.05. The maximum absolute atomic E-state index is 12.0. The Morgan fingerprint density at radius 3 is 1.43 bits per heavy atom. The monoisotopic (exact) mass is 663 g/mol. The second kappa shape index (κ2) is 35.4. The number of ketones is 1. The molecule has 0 spiro atoms. The molecule has 1 atom stereocenters. The Hall–Kier alpha value is -1.95. The van der Waals surface area contributed by atoms with Gasteiger partial charge < -0.3 is 14.6 Å². The lowest BCUT2D eigenvalue weighted by Gasteiger charge is -2.12. The van der Waals surface area contributed by atoms with E-state index in [1.165, 1.54) is 96.3 Å². The largest absolute Gasteiger partial charge is 0.463 e. The number of hydrogen-bond donors (Lipinski definition) is 1. The summed E-state index contributed by atoms with van der Waals surface area (Å²) < 4.78 is 10.3. The highest BCUT2D eigenvalue weighted by molar-refractivity contribution is 5.89. The molecule has 1 N–H and O–H groups in total. The Labute approximate surface area is 289 Å². The topological polar surface area (TPSA) is 89.9 Å². The zero-order chi connectivity index (χ0) is 34.6. The van der Waals surface area contributed by atoms with E-state index in [1.54, 1.807) is 6.08 Å². The van der Waals surface area contributed by atoms with Crippen LogP contribution in [0, 0.1) is 5.92 Å². The number of ether oxygens (including phenoxy) is 2. The van der Waals surface area contributed by atoms with E-state index < -0.39 is 6.10 Å². The van der Waals surface area contributed by atoms with E-state index in [2.05, 4.69) is 26.8 Å². The standard InChI is InChI=1S/C41H74O6/c1-4-5-6-7-16-21-26-31-38(42)32-27-22-19-24-29-34-41(45)47-36-39(43)35-46-40(44)33-28-23-18-15-13-11-9-8-10-12-14-17-20-25-30-37(2)3/h16,21,26,31,37,39,43H,4-15,17-20,22-25,27-30,32-36H2,1-3H3/b21-16-,31-26+/t39-/m1/s1. The van der Waals surface area contributed by atoms with Gasteiger partial charge in [0, 0.05) is 19.3 Å². The average molecular weight is 663 g/mol. The molecule has 0 rings (SSSR count). The van der Waals surface area contributed by atoms with Crippen LogP contribution in [-0.4, -0.2) is 42.1 Å². The summed E-state index contributed by atoms with van der Waals surface area (Å²) in [6.45, 7) is 6.50. The number of unbranched alkanes of at least 4 members (excludes halogenated alkanes) is 20. The fourth-order valence-electron chi connectivity index (χ4n) is 5.55. The molecule has 0 aromatic rings. The second-order valence-electron chi connectivity index (χ2n) is 13.9. The van der Waals surface area contributed by atoms with Crippen LogP contribution in [0.5, 0.6) is 0 Å². The number of rotatable bonds is 35. The van der Waals surface area contributed by atoms with Crippen LogP contribution in [0.2, 0.25) is 0 Å². The first-order valence-corrected chi connectivity index (χ1v) is 19.7. The van der Waals surface area contributed by atoms with Crippen LogP contribution in [0.1, 0.15) is 194 Å². The Balaban J connectivity index is 3.50. The normalized spacial score (nSPS) is 12.4. The molecule has 0 aromatic heterocycles. The van der Waals surface area contributed by atoms with Crippen molar-refractivity contribution in [2.24, 2.45) is 5.92 Å². The summed E-state index contributed by atoms with van der Waals surface area (Å²) in [6.07, 6.45) is 36.2. The summed E-state index contributed by atoms with van der Waals surface area (Å²) in [6, 6.07) is 0. The van der Waals surface area contributed by atoms with Crippen LogP contribution in [0.3, 0.4) is 0 Å². The molecule has 47 heavy (non-hydrogen) atoms. The van der Waals surface area contributed by atoms with Crippen LogP contribution in [-0.2, 0) is 23.9 Å². The van der Waals surface area contributed by atoms with Gasteiger partial charge in [0.05, 0.1) is 0 Å². The summed E-state index contributed by atoms with van der Waals surface area (Å²) in [4.78, 5) is 35.8. The second-order valence-corrected chi connectivity index (χ2v) is 13.9. The van der Waals surface area contributed by atoms with Gasteiger partial charge in [-0.25, -0.2) is 0 Å². The fraction of sp³-hybridized carbons (Fsp3) is 0.829. The minimum absolute atomic E-state index is 0.145. The minimum atomic E-state index is -0.999. The third kappa shape index (κ3) is 36.7. The number of esters is 2. The quantitative estimate of drug-likeness (QED) is 0.0314. The Morgan fingerprint density at radius 2 is 0.979 bits per heavy atom.